The Morgan fingerprint density at radius 3 is 2.47 bits per heavy atom. The lowest BCUT2D eigenvalue weighted by Crippen LogP contribution is -2.43. The SMILES string of the molecule is CCOC(=O)C1=C(C)N(c2ccccc2)C(=O)CC1C(=O)Nc1ccc(Cl)c(Cl)c1. The summed E-state index contributed by atoms with van der Waals surface area (Å²) >= 11 is 11.9. The highest BCUT2D eigenvalue weighted by Crippen LogP contribution is 2.34. The predicted octanol–water partition coefficient (Wildman–Crippen LogP) is 4.82. The number of hydrogen-bond acceptors (Lipinski definition) is 4. The van der Waals surface area contributed by atoms with E-state index in [1.54, 1.807) is 50.2 Å². The lowest BCUT2D eigenvalue weighted by atomic mass is 9.88. The number of carbonyl (C=O) groups is 3. The Bertz CT molecular complexity index is 1020. The highest BCUT2D eigenvalue weighted by molar-refractivity contribution is 6.42. The van der Waals surface area contributed by atoms with Crippen LogP contribution in [0.5, 0.6) is 0 Å². The summed E-state index contributed by atoms with van der Waals surface area (Å²) in [5.41, 5.74) is 1.54. The largest absolute Gasteiger partial charge is 0.463 e. The van der Waals surface area contributed by atoms with Crippen molar-refractivity contribution in [3.8, 4) is 0 Å². The van der Waals surface area contributed by atoms with Crippen LogP contribution < -0.4 is 10.2 Å². The smallest absolute Gasteiger partial charge is 0.336 e. The van der Waals surface area contributed by atoms with Gasteiger partial charge in [-0.05, 0) is 44.2 Å². The van der Waals surface area contributed by atoms with Crippen molar-refractivity contribution in [2.24, 2.45) is 5.92 Å². The number of nitrogens with zero attached hydrogens (tertiary/aromatic N) is 1. The van der Waals surface area contributed by atoms with Gasteiger partial charge < -0.3 is 10.1 Å². The summed E-state index contributed by atoms with van der Waals surface area (Å²) < 4.78 is 5.18. The molecule has 156 valence electrons. The fourth-order valence-corrected chi connectivity index (χ4v) is 3.67. The maximum absolute atomic E-state index is 13.0. The Labute approximate surface area is 184 Å². The van der Waals surface area contributed by atoms with Crippen molar-refractivity contribution >= 4 is 52.4 Å². The van der Waals surface area contributed by atoms with Gasteiger partial charge >= 0.3 is 5.97 Å². The average molecular weight is 447 g/mol. The quantitative estimate of drug-likeness (QED) is 0.667. The number of anilines is 2. The molecular weight excluding hydrogens is 427 g/mol. The molecule has 6 nitrogen and oxygen atoms in total. The van der Waals surface area contributed by atoms with Crippen LogP contribution in [0, 0.1) is 5.92 Å². The Hall–Kier alpha value is -2.83. The fraction of sp³-hybridized carbons (Fsp3) is 0.227. The molecular formula is C22H20Cl2N2O4. The molecule has 0 saturated carbocycles. The molecule has 1 N–H and O–H groups in total. The molecule has 1 aliphatic rings. The number of halogens is 2. The third kappa shape index (κ3) is 4.50. The van der Waals surface area contributed by atoms with Gasteiger partial charge in [0, 0.05) is 23.5 Å². The first-order chi connectivity index (χ1) is 14.3. The molecule has 0 aliphatic carbocycles. The normalized spacial score (nSPS) is 16.5. The summed E-state index contributed by atoms with van der Waals surface area (Å²) in [6, 6.07) is 13.6. The van der Waals surface area contributed by atoms with Gasteiger partial charge in [0.1, 0.15) is 0 Å². The van der Waals surface area contributed by atoms with Gasteiger partial charge in [-0.3, -0.25) is 14.5 Å². The monoisotopic (exact) mass is 446 g/mol. The van der Waals surface area contributed by atoms with Crippen LogP contribution in [0.15, 0.2) is 59.8 Å². The van der Waals surface area contributed by atoms with E-state index >= 15 is 0 Å². The maximum atomic E-state index is 13.0. The standard InChI is InChI=1S/C22H20Cl2N2O4/c1-3-30-22(29)20-13(2)26(15-7-5-4-6-8-15)19(27)12-16(20)21(28)25-14-9-10-17(23)18(24)11-14/h4-11,16H,3,12H2,1-2H3,(H,25,28). The molecule has 0 bridgehead atoms. The Balaban J connectivity index is 1.99. The van der Waals surface area contributed by atoms with Crippen molar-refractivity contribution in [1.29, 1.82) is 0 Å². The molecule has 1 atom stereocenters. The van der Waals surface area contributed by atoms with Gasteiger partial charge in [-0.2, -0.15) is 0 Å². The minimum Gasteiger partial charge on any atom is -0.463 e. The van der Waals surface area contributed by atoms with E-state index in [0.717, 1.165) is 0 Å². The first kappa shape index (κ1) is 21.9. The first-order valence-electron chi connectivity index (χ1n) is 9.35. The molecule has 1 unspecified atom stereocenters. The van der Waals surface area contributed by atoms with E-state index in [-0.39, 0.29) is 29.5 Å². The van der Waals surface area contributed by atoms with Crippen LogP contribution in [0.3, 0.4) is 0 Å². The van der Waals surface area contributed by atoms with Crippen LogP contribution in [0.2, 0.25) is 10.0 Å². The van der Waals surface area contributed by atoms with Gasteiger partial charge in [-0.25, -0.2) is 4.79 Å². The van der Waals surface area contributed by atoms with Gasteiger partial charge in [0.25, 0.3) is 0 Å². The highest BCUT2D eigenvalue weighted by atomic mass is 35.5. The summed E-state index contributed by atoms with van der Waals surface area (Å²) in [6.45, 7) is 3.47. The van der Waals surface area contributed by atoms with E-state index in [2.05, 4.69) is 5.32 Å². The third-order valence-electron chi connectivity index (χ3n) is 4.72. The van der Waals surface area contributed by atoms with Crippen molar-refractivity contribution < 1.29 is 19.1 Å². The minimum absolute atomic E-state index is 0.149. The predicted molar refractivity (Wildman–Crippen MR) is 116 cm³/mol. The number of nitrogens with one attached hydrogen (secondary N) is 1. The molecule has 0 spiro atoms. The van der Waals surface area contributed by atoms with Gasteiger partial charge in [0.15, 0.2) is 0 Å². The Morgan fingerprint density at radius 2 is 1.83 bits per heavy atom. The van der Waals surface area contributed by atoms with Crippen LogP contribution in [-0.2, 0) is 19.1 Å². The van der Waals surface area contributed by atoms with Gasteiger partial charge in [-0.15, -0.1) is 0 Å². The third-order valence-corrected chi connectivity index (χ3v) is 5.45. The average Bonchev–Trinajstić information content (AvgIpc) is 2.71. The van der Waals surface area contributed by atoms with E-state index in [4.69, 9.17) is 27.9 Å². The number of para-hydroxylation sites is 1. The Morgan fingerprint density at radius 1 is 1.13 bits per heavy atom. The Kier molecular flexibility index (Phi) is 6.80. The van der Waals surface area contributed by atoms with Crippen LogP contribution in [0.1, 0.15) is 20.3 Å². The number of hydrogen-bond donors (Lipinski definition) is 1. The summed E-state index contributed by atoms with van der Waals surface area (Å²) in [6.07, 6.45) is -0.173. The molecule has 2 aromatic rings. The van der Waals surface area contributed by atoms with Crippen molar-refractivity contribution in [1.82, 2.24) is 0 Å². The van der Waals surface area contributed by atoms with E-state index < -0.39 is 17.8 Å². The van der Waals surface area contributed by atoms with Crippen molar-refractivity contribution in [2.75, 3.05) is 16.8 Å². The molecule has 0 radical (unpaired) electrons. The van der Waals surface area contributed by atoms with E-state index in [0.29, 0.717) is 22.1 Å². The molecule has 1 heterocycles. The summed E-state index contributed by atoms with van der Waals surface area (Å²) in [5.74, 6) is -2.42. The number of carbonyl (C=O) groups excluding carboxylic acids is 3. The lowest BCUT2D eigenvalue weighted by molar-refractivity contribution is -0.141. The van der Waals surface area contributed by atoms with Crippen LogP contribution in [0.4, 0.5) is 11.4 Å². The second-order valence-electron chi connectivity index (χ2n) is 6.66. The first-order valence-corrected chi connectivity index (χ1v) is 10.1. The topological polar surface area (TPSA) is 75.7 Å². The zero-order valence-corrected chi connectivity index (χ0v) is 18.0. The molecule has 3 rings (SSSR count). The molecule has 1 aliphatic heterocycles. The van der Waals surface area contributed by atoms with Gasteiger partial charge in [-0.1, -0.05) is 41.4 Å². The number of amides is 2. The molecule has 8 heteroatoms. The number of rotatable bonds is 5. The second-order valence-corrected chi connectivity index (χ2v) is 7.47. The molecule has 2 amide bonds. The van der Waals surface area contributed by atoms with Gasteiger partial charge in [0.05, 0.1) is 28.1 Å². The summed E-state index contributed by atoms with van der Waals surface area (Å²) in [4.78, 5) is 40.1. The lowest BCUT2D eigenvalue weighted by Gasteiger charge is -2.33. The van der Waals surface area contributed by atoms with Crippen LogP contribution in [0.25, 0.3) is 0 Å². The molecule has 2 aromatic carbocycles. The fourth-order valence-electron chi connectivity index (χ4n) is 3.37. The van der Waals surface area contributed by atoms with Crippen molar-refractivity contribution in [2.45, 2.75) is 20.3 Å². The second kappa shape index (κ2) is 9.32. The minimum atomic E-state index is -0.994. The van der Waals surface area contributed by atoms with Crippen molar-refractivity contribution in [3.05, 3.63) is 69.8 Å². The molecule has 0 aromatic heterocycles. The molecule has 0 fully saturated rings. The number of ether oxygens (including phenoxy) is 1. The summed E-state index contributed by atoms with van der Waals surface area (Å²) in [5, 5.41) is 3.34. The highest BCUT2D eigenvalue weighted by Gasteiger charge is 2.40. The number of benzene rings is 2. The van der Waals surface area contributed by atoms with E-state index in [9.17, 15) is 14.4 Å². The maximum Gasteiger partial charge on any atom is 0.336 e. The van der Waals surface area contributed by atoms with Crippen LogP contribution in [-0.4, -0.2) is 24.4 Å². The van der Waals surface area contributed by atoms with E-state index in [1.807, 2.05) is 6.07 Å². The zero-order chi connectivity index (χ0) is 21.8. The summed E-state index contributed by atoms with van der Waals surface area (Å²) in [7, 11) is 0. The number of allylic oxidation sites excluding steroid dienone is 1. The van der Waals surface area contributed by atoms with E-state index in [1.165, 1.54) is 11.0 Å². The molecule has 30 heavy (non-hydrogen) atoms. The van der Waals surface area contributed by atoms with Crippen LogP contribution >= 0.6 is 23.2 Å². The number of esters is 1. The van der Waals surface area contributed by atoms with Gasteiger partial charge in [0.2, 0.25) is 11.8 Å². The molecule has 0 saturated heterocycles. The zero-order valence-electron chi connectivity index (χ0n) is 16.4. The van der Waals surface area contributed by atoms with Crippen molar-refractivity contribution in [3.63, 3.8) is 0 Å².